The van der Waals surface area contributed by atoms with Crippen LogP contribution >= 0.6 is 0 Å². The van der Waals surface area contributed by atoms with Crippen molar-refractivity contribution in [1.29, 1.82) is 0 Å². The molecule has 0 bridgehead atoms. The van der Waals surface area contributed by atoms with Gasteiger partial charge in [-0.15, -0.1) is 0 Å². The smallest absolute Gasteiger partial charge is 0.237 e. The molecule has 0 aromatic carbocycles. The first kappa shape index (κ1) is 15.4. The third-order valence-electron chi connectivity index (χ3n) is 2.82. The Bertz CT molecular complexity index is 207. The van der Waals surface area contributed by atoms with Gasteiger partial charge in [-0.1, -0.05) is 34.1 Å². The van der Waals surface area contributed by atoms with Crippen LogP contribution in [0.5, 0.6) is 0 Å². The molecule has 16 heavy (non-hydrogen) atoms. The molecular formula is C12H26N2O2. The predicted molar refractivity (Wildman–Crippen MR) is 65.9 cm³/mol. The SMILES string of the molecule is CC[C@H](C)[C@H](N)C(=O)NCC(O)CC(C)C. The summed E-state index contributed by atoms with van der Waals surface area (Å²) in [6, 6.07) is -0.476. The summed E-state index contributed by atoms with van der Waals surface area (Å²) in [5.41, 5.74) is 5.77. The lowest BCUT2D eigenvalue weighted by Gasteiger charge is -2.19. The maximum Gasteiger partial charge on any atom is 0.237 e. The highest BCUT2D eigenvalue weighted by atomic mass is 16.3. The summed E-state index contributed by atoms with van der Waals surface area (Å²) in [6.45, 7) is 8.33. The number of carbonyl (C=O) groups is 1. The van der Waals surface area contributed by atoms with Crippen molar-refractivity contribution in [2.24, 2.45) is 17.6 Å². The average molecular weight is 230 g/mol. The van der Waals surface area contributed by atoms with Gasteiger partial charge in [0.2, 0.25) is 5.91 Å². The van der Waals surface area contributed by atoms with Gasteiger partial charge in [0.05, 0.1) is 12.1 Å². The van der Waals surface area contributed by atoms with Crippen LogP contribution in [0.4, 0.5) is 0 Å². The molecule has 0 aromatic heterocycles. The van der Waals surface area contributed by atoms with E-state index in [0.717, 1.165) is 6.42 Å². The number of amides is 1. The summed E-state index contributed by atoms with van der Waals surface area (Å²) in [5.74, 6) is 0.425. The molecule has 0 saturated heterocycles. The van der Waals surface area contributed by atoms with E-state index in [1.54, 1.807) is 0 Å². The Morgan fingerprint density at radius 3 is 2.38 bits per heavy atom. The van der Waals surface area contributed by atoms with Gasteiger partial charge in [0.1, 0.15) is 0 Å². The molecule has 0 aliphatic rings. The Morgan fingerprint density at radius 1 is 1.38 bits per heavy atom. The zero-order valence-electron chi connectivity index (χ0n) is 10.9. The summed E-state index contributed by atoms with van der Waals surface area (Å²) in [7, 11) is 0. The first-order valence-corrected chi connectivity index (χ1v) is 6.09. The highest BCUT2D eigenvalue weighted by Gasteiger charge is 2.19. The van der Waals surface area contributed by atoms with E-state index in [9.17, 15) is 9.90 Å². The maximum atomic E-state index is 11.6. The summed E-state index contributed by atoms with van der Waals surface area (Å²) in [4.78, 5) is 11.6. The number of nitrogens with two attached hydrogens (primary N) is 1. The van der Waals surface area contributed by atoms with Crippen LogP contribution in [0.1, 0.15) is 40.5 Å². The minimum absolute atomic E-state index is 0.169. The molecule has 0 aliphatic carbocycles. The van der Waals surface area contributed by atoms with Gasteiger partial charge >= 0.3 is 0 Å². The normalized spacial score (nSPS) is 16.9. The largest absolute Gasteiger partial charge is 0.391 e. The van der Waals surface area contributed by atoms with Crippen LogP contribution in [0.25, 0.3) is 0 Å². The third kappa shape index (κ3) is 6.08. The van der Waals surface area contributed by atoms with Gasteiger partial charge in [-0.25, -0.2) is 0 Å². The van der Waals surface area contributed by atoms with E-state index >= 15 is 0 Å². The lowest BCUT2D eigenvalue weighted by atomic mass is 9.99. The molecule has 4 N–H and O–H groups in total. The van der Waals surface area contributed by atoms with Gasteiger partial charge < -0.3 is 16.2 Å². The topological polar surface area (TPSA) is 75.4 Å². The standard InChI is InChI=1S/C12H26N2O2/c1-5-9(4)11(13)12(16)14-7-10(15)6-8(2)3/h8-11,15H,5-7,13H2,1-4H3,(H,14,16)/t9-,10?,11-/m0/s1. The van der Waals surface area contributed by atoms with Crippen molar-refractivity contribution < 1.29 is 9.90 Å². The maximum absolute atomic E-state index is 11.6. The van der Waals surface area contributed by atoms with Crippen LogP contribution in [0.15, 0.2) is 0 Å². The summed E-state index contributed by atoms with van der Waals surface area (Å²) in [5, 5.41) is 12.3. The Morgan fingerprint density at radius 2 is 1.94 bits per heavy atom. The van der Waals surface area contributed by atoms with Gasteiger partial charge in [0, 0.05) is 6.54 Å². The van der Waals surface area contributed by atoms with E-state index in [2.05, 4.69) is 5.32 Å². The van der Waals surface area contributed by atoms with Gasteiger partial charge in [0.25, 0.3) is 0 Å². The molecule has 96 valence electrons. The molecule has 0 aliphatic heterocycles. The van der Waals surface area contributed by atoms with E-state index in [-0.39, 0.29) is 11.8 Å². The highest BCUT2D eigenvalue weighted by Crippen LogP contribution is 2.06. The Labute approximate surface area is 98.6 Å². The predicted octanol–water partition coefficient (Wildman–Crippen LogP) is 0.883. The van der Waals surface area contributed by atoms with Crippen molar-refractivity contribution in [3.05, 3.63) is 0 Å². The van der Waals surface area contributed by atoms with Crippen molar-refractivity contribution in [2.45, 2.75) is 52.7 Å². The second kappa shape index (κ2) is 7.63. The van der Waals surface area contributed by atoms with Gasteiger partial charge in [0.15, 0.2) is 0 Å². The Balaban J connectivity index is 3.88. The zero-order valence-corrected chi connectivity index (χ0v) is 10.9. The molecule has 1 unspecified atom stereocenters. The van der Waals surface area contributed by atoms with Crippen molar-refractivity contribution in [2.75, 3.05) is 6.54 Å². The van der Waals surface area contributed by atoms with Crippen molar-refractivity contribution in [1.82, 2.24) is 5.32 Å². The Kier molecular flexibility index (Phi) is 7.34. The molecule has 3 atom stereocenters. The van der Waals surface area contributed by atoms with Gasteiger partial charge in [-0.2, -0.15) is 0 Å². The summed E-state index contributed by atoms with van der Waals surface area (Å²) < 4.78 is 0. The van der Waals surface area contributed by atoms with Crippen LogP contribution in [0, 0.1) is 11.8 Å². The highest BCUT2D eigenvalue weighted by molar-refractivity contribution is 5.81. The molecule has 0 fully saturated rings. The molecule has 0 heterocycles. The van der Waals surface area contributed by atoms with E-state index in [1.807, 2.05) is 27.7 Å². The van der Waals surface area contributed by atoms with Crippen molar-refractivity contribution in [3.63, 3.8) is 0 Å². The number of nitrogens with one attached hydrogen (secondary N) is 1. The number of hydrogen-bond acceptors (Lipinski definition) is 3. The van der Waals surface area contributed by atoms with E-state index in [1.165, 1.54) is 0 Å². The van der Waals surface area contributed by atoms with Crippen LogP contribution in [0.3, 0.4) is 0 Å². The number of rotatable bonds is 7. The molecule has 0 aromatic rings. The minimum Gasteiger partial charge on any atom is -0.391 e. The minimum atomic E-state index is -0.479. The Hall–Kier alpha value is -0.610. The van der Waals surface area contributed by atoms with E-state index in [4.69, 9.17) is 5.73 Å². The first-order valence-electron chi connectivity index (χ1n) is 6.09. The van der Waals surface area contributed by atoms with Crippen LogP contribution < -0.4 is 11.1 Å². The number of aliphatic hydroxyl groups excluding tert-OH is 1. The van der Waals surface area contributed by atoms with E-state index in [0.29, 0.717) is 18.9 Å². The van der Waals surface area contributed by atoms with Crippen LogP contribution in [0.2, 0.25) is 0 Å². The third-order valence-corrected chi connectivity index (χ3v) is 2.82. The molecule has 0 saturated carbocycles. The van der Waals surface area contributed by atoms with Gasteiger partial charge in [-0.05, 0) is 18.3 Å². The molecular weight excluding hydrogens is 204 g/mol. The second-order valence-electron chi connectivity index (χ2n) is 4.94. The number of hydrogen-bond donors (Lipinski definition) is 3. The number of aliphatic hydroxyl groups is 1. The first-order chi connectivity index (χ1) is 7.38. The molecule has 0 rings (SSSR count). The molecule has 0 radical (unpaired) electrons. The fourth-order valence-corrected chi connectivity index (χ4v) is 1.48. The van der Waals surface area contributed by atoms with Crippen LogP contribution in [-0.2, 0) is 4.79 Å². The molecule has 4 heteroatoms. The van der Waals surface area contributed by atoms with Gasteiger partial charge in [-0.3, -0.25) is 4.79 Å². The quantitative estimate of drug-likeness (QED) is 0.608. The monoisotopic (exact) mass is 230 g/mol. The summed E-state index contributed by atoms with van der Waals surface area (Å²) >= 11 is 0. The molecule has 1 amide bonds. The van der Waals surface area contributed by atoms with Crippen molar-refractivity contribution in [3.8, 4) is 0 Å². The fraction of sp³-hybridized carbons (Fsp3) is 0.917. The second-order valence-corrected chi connectivity index (χ2v) is 4.94. The number of carbonyl (C=O) groups excluding carboxylic acids is 1. The van der Waals surface area contributed by atoms with E-state index < -0.39 is 12.1 Å². The summed E-state index contributed by atoms with van der Waals surface area (Å²) in [6.07, 6.45) is 1.09. The van der Waals surface area contributed by atoms with Crippen LogP contribution in [-0.4, -0.2) is 29.7 Å². The molecule has 0 spiro atoms. The average Bonchev–Trinajstić information content (AvgIpc) is 2.22. The zero-order chi connectivity index (χ0) is 12.7. The lowest BCUT2D eigenvalue weighted by Crippen LogP contribution is -2.46. The lowest BCUT2D eigenvalue weighted by molar-refractivity contribution is -0.123. The molecule has 4 nitrogen and oxygen atoms in total. The fourth-order valence-electron chi connectivity index (χ4n) is 1.48. The van der Waals surface area contributed by atoms with Crippen molar-refractivity contribution >= 4 is 5.91 Å².